The minimum atomic E-state index is -4.74. The lowest BCUT2D eigenvalue weighted by Crippen LogP contribution is -2.48. The number of rotatable bonds is 5. The van der Waals surface area contributed by atoms with Gasteiger partial charge in [-0.1, -0.05) is 6.07 Å². The molecular formula is C17H15F3N4O6S. The van der Waals surface area contributed by atoms with Gasteiger partial charge < -0.3 is 4.90 Å². The fourth-order valence-corrected chi connectivity index (χ4v) is 4.65. The summed E-state index contributed by atoms with van der Waals surface area (Å²) < 4.78 is 65.3. The Labute approximate surface area is 173 Å². The van der Waals surface area contributed by atoms with E-state index in [4.69, 9.17) is 0 Å². The second kappa shape index (κ2) is 8.11. The Hall–Kier alpha value is -3.26. The van der Waals surface area contributed by atoms with Crippen molar-refractivity contribution in [1.82, 2.24) is 4.31 Å². The largest absolute Gasteiger partial charge is 0.416 e. The monoisotopic (exact) mass is 460 g/mol. The zero-order chi connectivity index (χ0) is 23.0. The number of halogens is 3. The highest BCUT2D eigenvalue weighted by atomic mass is 32.2. The molecule has 31 heavy (non-hydrogen) atoms. The summed E-state index contributed by atoms with van der Waals surface area (Å²) in [5.74, 6) is 0. The van der Waals surface area contributed by atoms with E-state index in [2.05, 4.69) is 0 Å². The molecule has 0 atom stereocenters. The van der Waals surface area contributed by atoms with Gasteiger partial charge in [0, 0.05) is 44.4 Å². The van der Waals surface area contributed by atoms with Gasteiger partial charge in [0.05, 0.1) is 20.3 Å². The molecule has 0 aliphatic carbocycles. The molecule has 1 saturated heterocycles. The van der Waals surface area contributed by atoms with Crippen LogP contribution >= 0.6 is 0 Å². The van der Waals surface area contributed by atoms with E-state index in [0.29, 0.717) is 6.07 Å². The van der Waals surface area contributed by atoms with Gasteiger partial charge in [-0.15, -0.1) is 0 Å². The third-order valence-corrected chi connectivity index (χ3v) is 6.64. The molecule has 0 bridgehead atoms. The highest BCUT2D eigenvalue weighted by Gasteiger charge is 2.35. The number of hydrogen-bond acceptors (Lipinski definition) is 7. The van der Waals surface area contributed by atoms with E-state index in [0.717, 1.165) is 28.6 Å². The summed E-state index contributed by atoms with van der Waals surface area (Å²) in [5, 5.41) is 22.2. The Kier molecular flexibility index (Phi) is 5.87. The standard InChI is InChI=1S/C17H15F3N4O6S/c18-17(19,20)12-4-5-15(16(10-12)24(27)28)21-6-8-22(9-7-21)31(29,30)14-3-1-2-13(11-14)23(25)26/h1-5,10-11H,6-9H2. The zero-order valence-corrected chi connectivity index (χ0v) is 16.5. The Morgan fingerprint density at radius 3 is 2.10 bits per heavy atom. The van der Waals surface area contributed by atoms with Crippen molar-refractivity contribution in [3.8, 4) is 0 Å². The van der Waals surface area contributed by atoms with Crippen LogP contribution in [0.3, 0.4) is 0 Å². The summed E-state index contributed by atoms with van der Waals surface area (Å²) in [4.78, 5) is 21.7. The van der Waals surface area contributed by atoms with Crippen LogP contribution in [0.4, 0.5) is 30.2 Å². The van der Waals surface area contributed by atoms with Crippen LogP contribution < -0.4 is 4.90 Å². The van der Waals surface area contributed by atoms with E-state index >= 15 is 0 Å². The number of sulfonamides is 1. The molecule has 0 spiro atoms. The topological polar surface area (TPSA) is 127 Å². The lowest BCUT2D eigenvalue weighted by Gasteiger charge is -2.35. The molecule has 0 saturated carbocycles. The maximum Gasteiger partial charge on any atom is 0.416 e. The number of piperazine rings is 1. The lowest BCUT2D eigenvalue weighted by molar-refractivity contribution is -0.385. The fourth-order valence-electron chi connectivity index (χ4n) is 3.19. The molecule has 166 valence electrons. The summed E-state index contributed by atoms with van der Waals surface area (Å²) in [7, 11) is -4.06. The first-order chi connectivity index (χ1) is 14.4. The molecule has 14 heteroatoms. The molecule has 0 N–H and O–H groups in total. The summed E-state index contributed by atoms with van der Waals surface area (Å²) >= 11 is 0. The van der Waals surface area contributed by atoms with Gasteiger partial charge >= 0.3 is 6.18 Å². The van der Waals surface area contributed by atoms with Crippen molar-refractivity contribution >= 4 is 27.1 Å². The predicted octanol–water partition coefficient (Wildman–Crippen LogP) is 3.03. The molecule has 2 aromatic rings. The van der Waals surface area contributed by atoms with E-state index in [1.165, 1.54) is 17.0 Å². The smallest absolute Gasteiger partial charge is 0.363 e. The van der Waals surface area contributed by atoms with Crippen molar-refractivity contribution in [3.63, 3.8) is 0 Å². The Bertz CT molecular complexity index is 1130. The fraction of sp³-hybridized carbons (Fsp3) is 0.294. The normalized spacial score (nSPS) is 15.6. The van der Waals surface area contributed by atoms with Crippen LogP contribution in [0.15, 0.2) is 47.4 Å². The van der Waals surface area contributed by atoms with Crippen molar-refractivity contribution in [3.05, 3.63) is 68.3 Å². The third kappa shape index (κ3) is 4.59. The van der Waals surface area contributed by atoms with Gasteiger partial charge in [0.25, 0.3) is 11.4 Å². The minimum Gasteiger partial charge on any atom is -0.363 e. The molecule has 0 unspecified atom stereocenters. The molecule has 1 aliphatic heterocycles. The highest BCUT2D eigenvalue weighted by Crippen LogP contribution is 2.37. The molecule has 1 heterocycles. The van der Waals surface area contributed by atoms with E-state index in [1.54, 1.807) is 0 Å². The number of nitro groups is 2. The van der Waals surface area contributed by atoms with Gasteiger partial charge in [-0.2, -0.15) is 17.5 Å². The van der Waals surface area contributed by atoms with Gasteiger partial charge in [-0.3, -0.25) is 20.2 Å². The quantitative estimate of drug-likeness (QED) is 0.496. The highest BCUT2D eigenvalue weighted by molar-refractivity contribution is 7.89. The van der Waals surface area contributed by atoms with Crippen molar-refractivity contribution in [1.29, 1.82) is 0 Å². The first kappa shape index (κ1) is 22.4. The van der Waals surface area contributed by atoms with E-state index in [-0.39, 0.29) is 42.4 Å². The van der Waals surface area contributed by atoms with Crippen LogP contribution in [0.2, 0.25) is 0 Å². The zero-order valence-electron chi connectivity index (χ0n) is 15.7. The maximum atomic E-state index is 12.9. The van der Waals surface area contributed by atoms with Crippen molar-refractivity contribution < 1.29 is 31.4 Å². The van der Waals surface area contributed by atoms with E-state index in [1.807, 2.05) is 0 Å². The van der Waals surface area contributed by atoms with Crippen LogP contribution in [0.5, 0.6) is 0 Å². The molecule has 2 aromatic carbocycles. The molecule has 3 rings (SSSR count). The van der Waals surface area contributed by atoms with E-state index in [9.17, 15) is 41.8 Å². The van der Waals surface area contributed by atoms with Crippen LogP contribution in [0, 0.1) is 20.2 Å². The van der Waals surface area contributed by atoms with Crippen molar-refractivity contribution in [2.75, 3.05) is 31.1 Å². The second-order valence-electron chi connectivity index (χ2n) is 6.60. The average molecular weight is 460 g/mol. The summed E-state index contributed by atoms with van der Waals surface area (Å²) in [5.41, 5.74) is -2.33. The summed E-state index contributed by atoms with van der Waals surface area (Å²) in [6.45, 7) is -0.243. The first-order valence-corrected chi connectivity index (χ1v) is 10.2. The van der Waals surface area contributed by atoms with Gasteiger partial charge in [0.15, 0.2) is 0 Å². The lowest BCUT2D eigenvalue weighted by atomic mass is 10.1. The van der Waals surface area contributed by atoms with Crippen LogP contribution in [0.25, 0.3) is 0 Å². The first-order valence-electron chi connectivity index (χ1n) is 8.76. The van der Waals surface area contributed by atoms with Crippen molar-refractivity contribution in [2.24, 2.45) is 0 Å². The Morgan fingerprint density at radius 2 is 1.55 bits per heavy atom. The number of nitrogens with zero attached hydrogens (tertiary/aromatic N) is 4. The van der Waals surface area contributed by atoms with Crippen LogP contribution in [-0.2, 0) is 16.2 Å². The van der Waals surface area contributed by atoms with E-state index < -0.39 is 37.3 Å². The molecule has 0 aromatic heterocycles. The van der Waals surface area contributed by atoms with Gasteiger partial charge in [0.2, 0.25) is 10.0 Å². The predicted molar refractivity (Wildman–Crippen MR) is 102 cm³/mol. The number of nitro benzene ring substituents is 2. The summed E-state index contributed by atoms with van der Waals surface area (Å²) in [6.07, 6.45) is -4.74. The maximum absolute atomic E-state index is 12.9. The van der Waals surface area contributed by atoms with Crippen molar-refractivity contribution in [2.45, 2.75) is 11.1 Å². The van der Waals surface area contributed by atoms with Crippen LogP contribution in [0.1, 0.15) is 5.56 Å². The Balaban J connectivity index is 1.82. The summed E-state index contributed by atoms with van der Waals surface area (Å²) in [6, 6.07) is 6.72. The SMILES string of the molecule is O=[N+]([O-])c1cccc(S(=O)(=O)N2CCN(c3ccc(C(F)(F)F)cc3[N+](=O)[O-])CC2)c1. The number of benzene rings is 2. The number of anilines is 1. The van der Waals surface area contributed by atoms with Gasteiger partial charge in [-0.05, 0) is 18.2 Å². The van der Waals surface area contributed by atoms with Crippen LogP contribution in [-0.4, -0.2) is 48.7 Å². The molecular weight excluding hydrogens is 445 g/mol. The second-order valence-corrected chi connectivity index (χ2v) is 8.54. The Morgan fingerprint density at radius 1 is 0.903 bits per heavy atom. The third-order valence-electron chi connectivity index (χ3n) is 4.74. The number of hydrogen-bond donors (Lipinski definition) is 0. The number of non-ortho nitro benzene ring substituents is 1. The molecule has 1 aliphatic rings. The molecule has 10 nitrogen and oxygen atoms in total. The number of alkyl halides is 3. The molecule has 0 radical (unpaired) electrons. The van der Waals surface area contributed by atoms with Gasteiger partial charge in [-0.25, -0.2) is 8.42 Å². The average Bonchev–Trinajstić information content (AvgIpc) is 2.72. The molecule has 0 amide bonds. The molecule has 1 fully saturated rings. The minimum absolute atomic E-state index is 0.0135. The van der Waals surface area contributed by atoms with Gasteiger partial charge in [0.1, 0.15) is 5.69 Å².